The van der Waals surface area contributed by atoms with Gasteiger partial charge in [-0.15, -0.1) is 0 Å². The van der Waals surface area contributed by atoms with Crippen LogP contribution in [0.5, 0.6) is 0 Å². The van der Waals surface area contributed by atoms with Gasteiger partial charge >= 0.3 is 0 Å². The third-order valence-electron chi connectivity index (χ3n) is 2.71. The van der Waals surface area contributed by atoms with E-state index in [-0.39, 0.29) is 0 Å². The topological polar surface area (TPSA) is 32.3 Å². The van der Waals surface area contributed by atoms with Crippen molar-refractivity contribution in [3.63, 3.8) is 0 Å². The first-order valence-electron chi connectivity index (χ1n) is 6.05. The van der Waals surface area contributed by atoms with Gasteiger partial charge in [0.2, 0.25) is 0 Å². The van der Waals surface area contributed by atoms with Crippen LogP contribution in [0.4, 0.5) is 0 Å². The summed E-state index contributed by atoms with van der Waals surface area (Å²) in [6.45, 7) is 11.0. The van der Waals surface area contributed by atoms with Crippen LogP contribution in [0.3, 0.4) is 0 Å². The van der Waals surface area contributed by atoms with Gasteiger partial charge in [-0.1, -0.05) is 20.8 Å². The number of hydrogen-bond acceptors (Lipinski definition) is 3. The number of carbonyl (C=O) groups is 1. The van der Waals surface area contributed by atoms with Gasteiger partial charge in [-0.25, -0.2) is 0 Å². The summed E-state index contributed by atoms with van der Waals surface area (Å²) in [6, 6.07) is 0. The molecule has 3 heteroatoms. The highest BCUT2D eigenvalue weighted by Gasteiger charge is 2.42. The molecule has 2 fully saturated rings. The van der Waals surface area contributed by atoms with Gasteiger partial charge in [0, 0.05) is 31.5 Å². The summed E-state index contributed by atoms with van der Waals surface area (Å²) in [5, 5.41) is 3.41. The summed E-state index contributed by atoms with van der Waals surface area (Å²) in [6.07, 6.45) is 2.91. The largest absolute Gasteiger partial charge is 0.316 e. The first-order chi connectivity index (χ1) is 7.22. The van der Waals surface area contributed by atoms with Gasteiger partial charge in [-0.05, 0) is 20.0 Å². The summed E-state index contributed by atoms with van der Waals surface area (Å²) >= 11 is 0. The lowest BCUT2D eigenvalue weighted by Crippen LogP contribution is -2.55. The lowest BCUT2D eigenvalue weighted by Gasteiger charge is -2.45. The second kappa shape index (κ2) is 7.83. The molecule has 0 radical (unpaired) electrons. The molecule has 2 aliphatic rings. The average Bonchev–Trinajstić information content (AvgIpc) is 2.70. The van der Waals surface area contributed by atoms with Crippen molar-refractivity contribution in [1.29, 1.82) is 0 Å². The van der Waals surface area contributed by atoms with E-state index in [0.29, 0.717) is 11.8 Å². The molecule has 2 aliphatic heterocycles. The van der Waals surface area contributed by atoms with Crippen LogP contribution < -0.4 is 5.32 Å². The van der Waals surface area contributed by atoms with Crippen molar-refractivity contribution in [2.24, 2.45) is 5.41 Å². The number of rotatable bonds is 1. The summed E-state index contributed by atoms with van der Waals surface area (Å²) in [7, 11) is 2.20. The van der Waals surface area contributed by atoms with Gasteiger partial charge in [0.25, 0.3) is 0 Å². The number of hydrogen-bond donors (Lipinski definition) is 1. The highest BCUT2D eigenvalue weighted by Crippen LogP contribution is 2.34. The fraction of sp³-hybridized carbons (Fsp3) is 0.917. The summed E-state index contributed by atoms with van der Waals surface area (Å²) < 4.78 is 0. The molecule has 0 unspecified atom stereocenters. The minimum Gasteiger partial charge on any atom is -0.316 e. The summed E-state index contributed by atoms with van der Waals surface area (Å²) in [4.78, 5) is 11.6. The fourth-order valence-corrected chi connectivity index (χ4v) is 2.16. The Kier molecular flexibility index (Phi) is 7.61. The maximum atomic E-state index is 9.17. The number of nitrogens with zero attached hydrogens (tertiary/aromatic N) is 1. The van der Waals surface area contributed by atoms with Crippen molar-refractivity contribution >= 4 is 6.29 Å². The second-order valence-electron chi connectivity index (χ2n) is 4.17. The quantitative estimate of drug-likeness (QED) is 0.672. The van der Waals surface area contributed by atoms with Gasteiger partial charge in [0.05, 0.1) is 0 Å². The predicted octanol–water partition coefficient (Wildman–Crippen LogP) is 1.53. The van der Waals surface area contributed by atoms with Crippen molar-refractivity contribution < 1.29 is 4.79 Å². The Morgan fingerprint density at radius 2 is 1.93 bits per heavy atom. The smallest absolute Gasteiger partial charge is 0.119 e. The van der Waals surface area contributed by atoms with E-state index in [1.165, 1.54) is 32.6 Å². The van der Waals surface area contributed by atoms with Crippen LogP contribution in [0.2, 0.25) is 0 Å². The van der Waals surface area contributed by atoms with Gasteiger partial charge in [-0.2, -0.15) is 0 Å². The Morgan fingerprint density at radius 1 is 1.40 bits per heavy atom. The Hall–Kier alpha value is -0.410. The van der Waals surface area contributed by atoms with Crippen LogP contribution in [-0.4, -0.2) is 44.4 Å². The van der Waals surface area contributed by atoms with E-state index in [9.17, 15) is 4.79 Å². The SMILES string of the molecule is CC.CCC=O.CN1CC2(CCNC2)C1. The molecular formula is C12H26N2O. The zero-order chi connectivity index (χ0) is 11.7. The molecule has 90 valence electrons. The highest BCUT2D eigenvalue weighted by atomic mass is 16.1. The molecule has 3 nitrogen and oxygen atoms in total. The molecule has 15 heavy (non-hydrogen) atoms. The molecule has 2 rings (SSSR count). The summed E-state index contributed by atoms with van der Waals surface area (Å²) in [5.41, 5.74) is 0.703. The molecule has 0 saturated carbocycles. The van der Waals surface area contributed by atoms with E-state index < -0.39 is 0 Å². The molecule has 0 amide bonds. The van der Waals surface area contributed by atoms with Crippen molar-refractivity contribution in [3.05, 3.63) is 0 Å². The Morgan fingerprint density at radius 3 is 2.20 bits per heavy atom. The number of carbonyl (C=O) groups excluding carboxylic acids is 1. The van der Waals surface area contributed by atoms with Crippen LogP contribution >= 0.6 is 0 Å². The maximum absolute atomic E-state index is 9.17. The average molecular weight is 214 g/mol. The zero-order valence-corrected chi connectivity index (χ0v) is 10.7. The lowest BCUT2D eigenvalue weighted by atomic mass is 9.80. The maximum Gasteiger partial charge on any atom is 0.119 e. The number of aldehydes is 1. The molecule has 0 aromatic heterocycles. The van der Waals surface area contributed by atoms with Crippen LogP contribution in [0.15, 0.2) is 0 Å². The second-order valence-corrected chi connectivity index (χ2v) is 4.17. The van der Waals surface area contributed by atoms with Crippen molar-refractivity contribution in [2.75, 3.05) is 33.2 Å². The first kappa shape index (κ1) is 14.6. The van der Waals surface area contributed by atoms with E-state index in [0.717, 1.165) is 6.29 Å². The standard InChI is InChI=1S/C7H14N2.C3H6O.C2H6/c1-9-5-7(6-9)2-3-8-4-7;1-2-3-4;1-2/h8H,2-6H2,1H3;3H,2H2,1H3;1-2H3. The monoisotopic (exact) mass is 214 g/mol. The minimum atomic E-state index is 0.639. The lowest BCUT2D eigenvalue weighted by molar-refractivity contribution is -0.107. The van der Waals surface area contributed by atoms with E-state index in [1.54, 1.807) is 0 Å². The molecule has 1 N–H and O–H groups in total. The Balaban J connectivity index is 0.000000282. The van der Waals surface area contributed by atoms with Crippen LogP contribution in [0.1, 0.15) is 33.6 Å². The van der Waals surface area contributed by atoms with Crippen molar-refractivity contribution in [3.8, 4) is 0 Å². The molecule has 0 aromatic carbocycles. The molecule has 0 aromatic rings. The third kappa shape index (κ3) is 4.76. The molecular weight excluding hydrogens is 188 g/mol. The summed E-state index contributed by atoms with van der Waals surface area (Å²) in [5.74, 6) is 0. The molecule has 0 aliphatic carbocycles. The third-order valence-corrected chi connectivity index (χ3v) is 2.71. The Labute approximate surface area is 94.2 Å². The van der Waals surface area contributed by atoms with Crippen LogP contribution in [-0.2, 0) is 4.79 Å². The predicted molar refractivity (Wildman–Crippen MR) is 65.1 cm³/mol. The van der Waals surface area contributed by atoms with Gasteiger partial charge in [0.1, 0.15) is 6.29 Å². The Bertz CT molecular complexity index is 157. The zero-order valence-electron chi connectivity index (χ0n) is 10.7. The van der Waals surface area contributed by atoms with E-state index in [1.807, 2.05) is 20.8 Å². The van der Waals surface area contributed by atoms with E-state index >= 15 is 0 Å². The number of likely N-dealkylation sites (tertiary alicyclic amines) is 1. The molecule has 0 bridgehead atoms. The van der Waals surface area contributed by atoms with Gasteiger partial charge in [-0.3, -0.25) is 0 Å². The molecule has 2 saturated heterocycles. The van der Waals surface area contributed by atoms with E-state index in [2.05, 4.69) is 17.3 Å². The molecule has 1 spiro atoms. The van der Waals surface area contributed by atoms with Gasteiger partial charge < -0.3 is 15.0 Å². The van der Waals surface area contributed by atoms with Gasteiger partial charge in [0.15, 0.2) is 0 Å². The fourth-order valence-electron chi connectivity index (χ4n) is 2.16. The molecule has 0 atom stereocenters. The normalized spacial score (nSPS) is 21.9. The first-order valence-corrected chi connectivity index (χ1v) is 6.05. The van der Waals surface area contributed by atoms with Crippen LogP contribution in [0, 0.1) is 5.41 Å². The van der Waals surface area contributed by atoms with E-state index in [4.69, 9.17) is 0 Å². The number of nitrogens with one attached hydrogen (secondary N) is 1. The van der Waals surface area contributed by atoms with Crippen molar-refractivity contribution in [1.82, 2.24) is 10.2 Å². The molecule has 2 heterocycles. The highest BCUT2D eigenvalue weighted by molar-refractivity contribution is 5.48. The van der Waals surface area contributed by atoms with Crippen LogP contribution in [0.25, 0.3) is 0 Å². The van der Waals surface area contributed by atoms with Crippen molar-refractivity contribution in [2.45, 2.75) is 33.6 Å². The minimum absolute atomic E-state index is 0.639.